The lowest BCUT2D eigenvalue weighted by atomic mass is 9.94. The zero-order chi connectivity index (χ0) is 13.1. The van der Waals surface area contributed by atoms with Gasteiger partial charge in [0.25, 0.3) is 0 Å². The van der Waals surface area contributed by atoms with Crippen molar-refractivity contribution in [1.29, 1.82) is 0 Å². The fourth-order valence-electron chi connectivity index (χ4n) is 2.30. The summed E-state index contributed by atoms with van der Waals surface area (Å²) >= 11 is 0. The highest BCUT2D eigenvalue weighted by Crippen LogP contribution is 2.33. The van der Waals surface area contributed by atoms with E-state index in [1.807, 2.05) is 0 Å². The van der Waals surface area contributed by atoms with Crippen LogP contribution in [0.5, 0.6) is 0 Å². The molecule has 0 aliphatic heterocycles. The van der Waals surface area contributed by atoms with Crippen molar-refractivity contribution in [3.8, 4) is 0 Å². The molecule has 0 radical (unpaired) electrons. The zero-order valence-electron chi connectivity index (χ0n) is 10.9. The number of aryl methyl sites for hydroxylation is 1. The molecule has 0 atom stereocenters. The second-order valence-corrected chi connectivity index (χ2v) is 5.18. The second-order valence-electron chi connectivity index (χ2n) is 5.18. The lowest BCUT2D eigenvalue weighted by Gasteiger charge is -2.19. The molecule has 0 amide bonds. The maximum absolute atomic E-state index is 11.1. The Labute approximate surface area is 107 Å². The third-order valence-corrected chi connectivity index (χ3v) is 3.22. The molecule has 5 nitrogen and oxygen atoms in total. The molecule has 1 aromatic rings. The van der Waals surface area contributed by atoms with E-state index in [2.05, 4.69) is 24.1 Å². The Kier molecular flexibility index (Phi) is 3.79. The third kappa shape index (κ3) is 2.60. The van der Waals surface area contributed by atoms with Crippen LogP contribution in [0.3, 0.4) is 0 Å². The number of fused-ring (bicyclic) bond motifs is 1. The summed E-state index contributed by atoms with van der Waals surface area (Å²) in [4.78, 5) is 15.0. The number of rotatable bonds is 4. The van der Waals surface area contributed by atoms with Gasteiger partial charge in [0, 0.05) is 17.8 Å². The minimum Gasteiger partial charge on any atom is -0.379 e. The highest BCUT2D eigenvalue weighted by Gasteiger charge is 2.23. The molecule has 1 heterocycles. The molecule has 0 unspecified atom stereocenters. The molecular weight excluding hydrogens is 230 g/mol. The number of hydrogen-bond acceptors (Lipinski definition) is 4. The van der Waals surface area contributed by atoms with Crippen molar-refractivity contribution < 1.29 is 4.92 Å². The first-order valence-corrected chi connectivity index (χ1v) is 6.48. The average Bonchev–Trinajstić information content (AvgIpc) is 2.35. The van der Waals surface area contributed by atoms with Gasteiger partial charge in [0.15, 0.2) is 0 Å². The van der Waals surface area contributed by atoms with Crippen LogP contribution in [0, 0.1) is 16.0 Å². The van der Waals surface area contributed by atoms with Crippen LogP contribution in [-0.2, 0) is 12.8 Å². The van der Waals surface area contributed by atoms with E-state index < -0.39 is 0 Å². The Morgan fingerprint density at radius 2 is 2.17 bits per heavy atom. The van der Waals surface area contributed by atoms with Crippen molar-refractivity contribution in [2.75, 3.05) is 11.9 Å². The Balaban J connectivity index is 2.39. The maximum atomic E-state index is 11.1. The lowest BCUT2D eigenvalue weighted by molar-refractivity contribution is -0.384. The van der Waals surface area contributed by atoms with Crippen LogP contribution in [0.4, 0.5) is 11.4 Å². The van der Waals surface area contributed by atoms with E-state index in [0.29, 0.717) is 11.6 Å². The van der Waals surface area contributed by atoms with Gasteiger partial charge < -0.3 is 5.32 Å². The molecule has 0 spiro atoms. The quantitative estimate of drug-likeness (QED) is 0.658. The van der Waals surface area contributed by atoms with E-state index in [1.165, 1.54) is 6.20 Å². The van der Waals surface area contributed by atoms with Crippen molar-refractivity contribution >= 4 is 11.4 Å². The van der Waals surface area contributed by atoms with Gasteiger partial charge in [-0.15, -0.1) is 0 Å². The van der Waals surface area contributed by atoms with Crippen LogP contribution in [0.1, 0.15) is 37.9 Å². The fraction of sp³-hybridized carbons (Fsp3) is 0.615. The summed E-state index contributed by atoms with van der Waals surface area (Å²) in [5.41, 5.74) is 2.88. The number of pyridine rings is 1. The molecule has 1 aliphatic rings. The van der Waals surface area contributed by atoms with E-state index in [1.54, 1.807) is 0 Å². The van der Waals surface area contributed by atoms with E-state index in [9.17, 15) is 10.1 Å². The Morgan fingerprint density at radius 1 is 1.44 bits per heavy atom. The van der Waals surface area contributed by atoms with Crippen molar-refractivity contribution in [1.82, 2.24) is 4.98 Å². The number of anilines is 1. The average molecular weight is 249 g/mol. The first-order valence-electron chi connectivity index (χ1n) is 6.48. The van der Waals surface area contributed by atoms with Gasteiger partial charge in [-0.05, 0) is 31.6 Å². The summed E-state index contributed by atoms with van der Waals surface area (Å²) < 4.78 is 0. The van der Waals surface area contributed by atoms with Gasteiger partial charge >= 0.3 is 5.69 Å². The molecule has 0 saturated carbocycles. The number of nitro groups is 1. The van der Waals surface area contributed by atoms with E-state index in [0.717, 1.165) is 43.5 Å². The molecule has 0 fully saturated rings. The van der Waals surface area contributed by atoms with Gasteiger partial charge in [0.05, 0.1) is 4.92 Å². The molecule has 0 saturated heterocycles. The molecule has 18 heavy (non-hydrogen) atoms. The smallest absolute Gasteiger partial charge is 0.310 e. The largest absolute Gasteiger partial charge is 0.379 e. The summed E-state index contributed by atoms with van der Waals surface area (Å²) in [6.07, 6.45) is 5.44. The fourth-order valence-corrected chi connectivity index (χ4v) is 2.30. The maximum Gasteiger partial charge on any atom is 0.310 e. The van der Waals surface area contributed by atoms with Gasteiger partial charge in [0.1, 0.15) is 11.9 Å². The van der Waals surface area contributed by atoms with Crippen molar-refractivity contribution in [3.05, 3.63) is 27.6 Å². The van der Waals surface area contributed by atoms with Gasteiger partial charge in [-0.1, -0.05) is 13.8 Å². The van der Waals surface area contributed by atoms with E-state index in [4.69, 9.17) is 0 Å². The van der Waals surface area contributed by atoms with Crippen molar-refractivity contribution in [3.63, 3.8) is 0 Å². The summed E-state index contributed by atoms with van der Waals surface area (Å²) in [5.74, 6) is 0.456. The van der Waals surface area contributed by atoms with E-state index >= 15 is 0 Å². The Hall–Kier alpha value is -1.65. The zero-order valence-corrected chi connectivity index (χ0v) is 10.9. The van der Waals surface area contributed by atoms with Crippen molar-refractivity contribution in [2.24, 2.45) is 5.92 Å². The van der Waals surface area contributed by atoms with Gasteiger partial charge in [0.2, 0.25) is 0 Å². The van der Waals surface area contributed by atoms with Crippen molar-refractivity contribution in [2.45, 2.75) is 39.5 Å². The van der Waals surface area contributed by atoms with Gasteiger partial charge in [-0.3, -0.25) is 15.1 Å². The molecule has 98 valence electrons. The number of aromatic nitrogens is 1. The molecule has 1 aliphatic carbocycles. The summed E-state index contributed by atoms with van der Waals surface area (Å²) in [7, 11) is 0. The summed E-state index contributed by atoms with van der Waals surface area (Å²) in [6, 6.07) is 0. The molecule has 1 N–H and O–H groups in total. The first-order chi connectivity index (χ1) is 8.59. The molecular formula is C13H19N3O2. The second kappa shape index (κ2) is 5.33. The molecule has 5 heteroatoms. The van der Waals surface area contributed by atoms with Crippen LogP contribution in [0.25, 0.3) is 0 Å². The first kappa shape index (κ1) is 12.8. The predicted octanol–water partition coefficient (Wildman–Crippen LogP) is 2.94. The number of nitrogens with one attached hydrogen (secondary N) is 1. The number of hydrogen-bond donors (Lipinski definition) is 1. The van der Waals surface area contributed by atoms with Crippen LogP contribution >= 0.6 is 0 Å². The summed E-state index contributed by atoms with van der Waals surface area (Å²) in [6.45, 7) is 4.93. The van der Waals surface area contributed by atoms with E-state index in [-0.39, 0.29) is 10.6 Å². The predicted molar refractivity (Wildman–Crippen MR) is 70.9 cm³/mol. The highest BCUT2D eigenvalue weighted by atomic mass is 16.6. The highest BCUT2D eigenvalue weighted by molar-refractivity contribution is 5.67. The lowest BCUT2D eigenvalue weighted by Crippen LogP contribution is -2.15. The van der Waals surface area contributed by atoms with Crippen LogP contribution < -0.4 is 5.32 Å². The standard InChI is InChI=1S/C13H19N3O2/c1-9(2)7-15-13-10-5-3-4-6-11(10)14-8-12(13)16(17)18/h8-9H,3-7H2,1-2H3,(H,14,15). The van der Waals surface area contributed by atoms with Gasteiger partial charge in [-0.2, -0.15) is 0 Å². The van der Waals surface area contributed by atoms with Crippen LogP contribution in [0.2, 0.25) is 0 Å². The summed E-state index contributed by atoms with van der Waals surface area (Å²) in [5, 5.41) is 14.3. The molecule has 0 bridgehead atoms. The Bertz CT molecular complexity index is 458. The third-order valence-electron chi connectivity index (χ3n) is 3.22. The minimum atomic E-state index is -0.343. The topological polar surface area (TPSA) is 68.1 Å². The monoisotopic (exact) mass is 249 g/mol. The SMILES string of the molecule is CC(C)CNc1c([N+](=O)[O-])cnc2c1CCCC2. The molecule has 0 aromatic carbocycles. The van der Waals surface area contributed by atoms with Gasteiger partial charge in [-0.25, -0.2) is 0 Å². The minimum absolute atomic E-state index is 0.108. The Morgan fingerprint density at radius 3 is 2.83 bits per heavy atom. The normalized spacial score (nSPS) is 14.4. The molecule has 1 aromatic heterocycles. The molecule has 2 rings (SSSR count). The van der Waals surface area contributed by atoms with Crippen LogP contribution in [-0.4, -0.2) is 16.5 Å². The van der Waals surface area contributed by atoms with Crippen LogP contribution in [0.15, 0.2) is 6.20 Å². The number of nitrogens with zero attached hydrogens (tertiary/aromatic N) is 2.